The minimum atomic E-state index is -0.230. The Bertz CT molecular complexity index is 1210. The van der Waals surface area contributed by atoms with Crippen molar-refractivity contribution in [2.75, 3.05) is 78.7 Å². The average Bonchev–Trinajstić information content (AvgIpc) is 3.62. The third kappa shape index (κ3) is 8.68. The van der Waals surface area contributed by atoms with Gasteiger partial charge < -0.3 is 29.7 Å². The van der Waals surface area contributed by atoms with Gasteiger partial charge in [-0.2, -0.15) is 0 Å². The van der Waals surface area contributed by atoms with Crippen LogP contribution in [0.2, 0.25) is 0 Å². The van der Waals surface area contributed by atoms with Crippen molar-refractivity contribution in [1.29, 1.82) is 0 Å². The summed E-state index contributed by atoms with van der Waals surface area (Å²) in [6.07, 6.45) is 3.06. The number of hydrogen-bond donors (Lipinski definition) is 2. The first kappa shape index (κ1) is 31.8. The first-order valence-corrected chi connectivity index (χ1v) is 14.6. The fraction of sp³-hybridized carbons (Fsp3) is 0.500. The van der Waals surface area contributed by atoms with Crippen molar-refractivity contribution >= 4 is 17.5 Å². The van der Waals surface area contributed by atoms with Gasteiger partial charge in [-0.05, 0) is 62.3 Å². The van der Waals surface area contributed by atoms with Crippen LogP contribution in [0.25, 0.3) is 0 Å². The first-order valence-electron chi connectivity index (χ1n) is 14.6. The highest BCUT2D eigenvalue weighted by molar-refractivity contribution is 5.91. The maximum Gasteiger partial charge on any atom is 0.250 e. The van der Waals surface area contributed by atoms with Gasteiger partial charge in [-0.25, -0.2) is 4.39 Å². The summed E-state index contributed by atoms with van der Waals surface area (Å²) in [4.78, 5) is 28.2. The number of nitrogens with one attached hydrogen (secondary N) is 2. The van der Waals surface area contributed by atoms with Crippen molar-refractivity contribution in [3.63, 3.8) is 0 Å². The van der Waals surface area contributed by atoms with Gasteiger partial charge in [0.2, 0.25) is 11.8 Å². The van der Waals surface area contributed by atoms with Crippen molar-refractivity contribution in [3.05, 3.63) is 77.6 Å². The third-order valence-corrected chi connectivity index (χ3v) is 7.89. The number of aryl methyl sites for hydroxylation is 1. The van der Waals surface area contributed by atoms with Gasteiger partial charge in [0.15, 0.2) is 0 Å². The van der Waals surface area contributed by atoms with Crippen LogP contribution < -0.4 is 10.6 Å². The second-order valence-electron chi connectivity index (χ2n) is 10.9. The number of benzene rings is 2. The molecule has 2 aromatic rings. The molecule has 1 heterocycles. The van der Waals surface area contributed by atoms with Gasteiger partial charge in [0.25, 0.3) is 0 Å². The van der Waals surface area contributed by atoms with Gasteiger partial charge in [-0.3, -0.25) is 14.5 Å². The maximum atomic E-state index is 14.8. The Labute approximate surface area is 248 Å². The Balaban J connectivity index is 1.20. The number of anilines is 1. The smallest absolute Gasteiger partial charge is 0.250 e. The average molecular weight is 583 g/mol. The van der Waals surface area contributed by atoms with Gasteiger partial charge in [-0.15, -0.1) is 0 Å². The van der Waals surface area contributed by atoms with E-state index in [4.69, 9.17) is 14.2 Å². The molecule has 0 spiro atoms. The molecule has 2 amide bonds. The zero-order valence-electron chi connectivity index (χ0n) is 24.6. The number of likely N-dealkylation sites (N-methyl/N-ethyl adjacent to an activating group) is 1. The Hall–Kier alpha value is -3.15. The fourth-order valence-electron chi connectivity index (χ4n) is 5.86. The van der Waals surface area contributed by atoms with E-state index in [-0.39, 0.29) is 48.8 Å². The van der Waals surface area contributed by atoms with Crippen LogP contribution >= 0.6 is 0 Å². The molecule has 0 unspecified atom stereocenters. The number of likely N-dealkylation sites (tertiary alicyclic amines) is 1. The predicted octanol–water partition coefficient (Wildman–Crippen LogP) is 3.13. The molecule has 0 saturated carbocycles. The van der Waals surface area contributed by atoms with Crippen molar-refractivity contribution in [3.8, 4) is 0 Å². The van der Waals surface area contributed by atoms with Gasteiger partial charge in [0, 0.05) is 48.9 Å². The second-order valence-corrected chi connectivity index (χ2v) is 10.9. The highest BCUT2D eigenvalue weighted by atomic mass is 19.1. The van der Waals surface area contributed by atoms with E-state index in [0.717, 1.165) is 48.3 Å². The number of amides is 2. The fourth-order valence-corrected chi connectivity index (χ4v) is 5.86. The molecular formula is C32H43FN4O5. The van der Waals surface area contributed by atoms with Crippen LogP contribution in [-0.2, 0) is 30.2 Å². The molecule has 1 aliphatic carbocycles. The molecule has 0 aromatic heterocycles. The summed E-state index contributed by atoms with van der Waals surface area (Å²) in [7, 11) is 4.19. The summed E-state index contributed by atoms with van der Waals surface area (Å²) in [6, 6.07) is 13.8. The number of ether oxygens (including phenoxy) is 3. The monoisotopic (exact) mass is 582 g/mol. The third-order valence-electron chi connectivity index (χ3n) is 7.89. The van der Waals surface area contributed by atoms with E-state index < -0.39 is 0 Å². The lowest BCUT2D eigenvalue weighted by Crippen LogP contribution is -2.35. The largest absolute Gasteiger partial charge is 0.377 e. The van der Waals surface area contributed by atoms with Crippen molar-refractivity contribution in [2.45, 2.75) is 30.8 Å². The lowest BCUT2D eigenvalue weighted by molar-refractivity contribution is -0.121. The summed E-state index contributed by atoms with van der Waals surface area (Å²) in [6.45, 7) is 7.24. The second kappa shape index (κ2) is 15.9. The van der Waals surface area contributed by atoms with E-state index >= 15 is 0 Å². The topological polar surface area (TPSA) is 92.4 Å². The summed E-state index contributed by atoms with van der Waals surface area (Å²) in [5.74, 6) is -0.328. The van der Waals surface area contributed by atoms with Crippen LogP contribution in [0.1, 0.15) is 35.1 Å². The SMILES string of the molecule is C=CC(=O)NCCOCCOCCOCC(=O)Nc1cccc([C@H]2CN([C@H]3CCc4cccc(F)c43)C[C@@H]2N(C)C)c1. The molecule has 0 bridgehead atoms. The van der Waals surface area contributed by atoms with Crippen LogP contribution in [-0.4, -0.2) is 101 Å². The molecule has 1 fully saturated rings. The zero-order chi connectivity index (χ0) is 29.9. The van der Waals surface area contributed by atoms with Gasteiger partial charge in [0.05, 0.1) is 33.0 Å². The van der Waals surface area contributed by atoms with Crippen LogP contribution in [0.3, 0.4) is 0 Å². The molecule has 2 aromatic carbocycles. The molecule has 1 saturated heterocycles. The molecular weight excluding hydrogens is 539 g/mol. The van der Waals surface area contributed by atoms with Gasteiger partial charge in [-0.1, -0.05) is 30.8 Å². The molecule has 2 aliphatic rings. The molecule has 42 heavy (non-hydrogen) atoms. The molecule has 2 N–H and O–H groups in total. The molecule has 1 aliphatic heterocycles. The van der Waals surface area contributed by atoms with Crippen molar-refractivity contribution in [2.24, 2.45) is 0 Å². The number of hydrogen-bond acceptors (Lipinski definition) is 7. The van der Waals surface area contributed by atoms with E-state index in [2.05, 4.69) is 47.2 Å². The number of halogens is 1. The van der Waals surface area contributed by atoms with Crippen molar-refractivity contribution < 1.29 is 28.2 Å². The quantitative estimate of drug-likeness (QED) is 0.232. The minimum absolute atomic E-state index is 0.0722. The van der Waals surface area contributed by atoms with E-state index in [1.54, 1.807) is 12.1 Å². The number of rotatable bonds is 16. The van der Waals surface area contributed by atoms with Crippen LogP contribution in [0, 0.1) is 5.82 Å². The van der Waals surface area contributed by atoms with E-state index in [0.29, 0.717) is 33.0 Å². The number of nitrogens with zero attached hydrogens (tertiary/aromatic N) is 2. The van der Waals surface area contributed by atoms with Crippen LogP contribution in [0.4, 0.5) is 10.1 Å². The van der Waals surface area contributed by atoms with Crippen molar-refractivity contribution in [1.82, 2.24) is 15.1 Å². The summed E-state index contributed by atoms with van der Waals surface area (Å²) >= 11 is 0. The highest BCUT2D eigenvalue weighted by Crippen LogP contribution is 2.42. The summed E-state index contributed by atoms with van der Waals surface area (Å²) in [5.41, 5.74) is 3.87. The molecule has 0 radical (unpaired) electrons. The first-order chi connectivity index (χ1) is 20.4. The Morgan fingerprint density at radius 1 is 1.05 bits per heavy atom. The standard InChI is InChI=1S/C32H43FN4O5/c1-4-30(38)34-13-14-40-15-16-41-17-18-42-22-31(39)35-25-9-5-8-24(19-25)26-20-37(21-29(26)36(2)3)28-12-11-23-7-6-10-27(33)32(23)28/h4-10,19,26,28-29H,1,11-18,20-22H2,2-3H3,(H,34,38)(H,35,39)/t26-,28+,29+/m1/s1. The van der Waals surface area contributed by atoms with Crippen LogP contribution in [0.15, 0.2) is 55.1 Å². The van der Waals surface area contributed by atoms with Crippen LogP contribution in [0.5, 0.6) is 0 Å². The minimum Gasteiger partial charge on any atom is -0.377 e. The predicted molar refractivity (Wildman–Crippen MR) is 160 cm³/mol. The Morgan fingerprint density at radius 3 is 2.55 bits per heavy atom. The van der Waals surface area contributed by atoms with Gasteiger partial charge in [0.1, 0.15) is 12.4 Å². The number of carbonyl (C=O) groups is 2. The Morgan fingerprint density at radius 2 is 1.79 bits per heavy atom. The molecule has 9 nitrogen and oxygen atoms in total. The normalized spacial score (nSPS) is 20.0. The molecule has 10 heteroatoms. The number of carbonyl (C=O) groups excluding carboxylic acids is 2. The zero-order valence-corrected chi connectivity index (χ0v) is 24.6. The molecule has 4 rings (SSSR count). The van der Waals surface area contributed by atoms with E-state index in [9.17, 15) is 14.0 Å². The summed E-state index contributed by atoms with van der Waals surface area (Å²) < 4.78 is 31.0. The number of fused-ring (bicyclic) bond motifs is 1. The van der Waals surface area contributed by atoms with E-state index in [1.165, 1.54) is 6.08 Å². The maximum absolute atomic E-state index is 14.8. The Kier molecular flexibility index (Phi) is 12.0. The lowest BCUT2D eigenvalue weighted by atomic mass is 9.93. The molecule has 228 valence electrons. The van der Waals surface area contributed by atoms with Gasteiger partial charge >= 0.3 is 0 Å². The summed E-state index contributed by atoms with van der Waals surface area (Å²) in [5, 5.41) is 5.57. The van der Waals surface area contributed by atoms with E-state index in [1.807, 2.05) is 24.3 Å². The lowest BCUT2D eigenvalue weighted by Gasteiger charge is -2.26. The molecule has 3 atom stereocenters. The highest BCUT2D eigenvalue weighted by Gasteiger charge is 2.41.